The van der Waals surface area contributed by atoms with Crippen molar-refractivity contribution in [3.05, 3.63) is 381 Å². The zero-order valence-electron chi connectivity index (χ0n) is 57.3. The van der Waals surface area contributed by atoms with Crippen LogP contribution >= 0.6 is 30.2 Å². The molecule has 102 heavy (non-hydrogen) atoms. The SMILES string of the molecule is CC1(C)OB(c2c3ccccc3c(-c3ccc(-c4ccccc4)cc3)c3ccccc23)OC1(C)C.O=P(c1ccccc1)(c1ccccc1)c1ccc(-c2c3ccccc3c(-c3ccc(-c4ccccc4)cc3)c3ccccc23)cc1.O=P(c1ccccc1)(c1ccccc1)c1ccc(Br)cc1. The van der Waals surface area contributed by atoms with E-state index in [1.807, 2.05) is 146 Å². The predicted octanol–water partition coefficient (Wildman–Crippen LogP) is 22.3. The number of hydrogen-bond donors (Lipinski definition) is 0. The lowest BCUT2D eigenvalue weighted by atomic mass is 9.71. The van der Waals surface area contributed by atoms with Crippen LogP contribution in [0.25, 0.3) is 98.7 Å². The van der Waals surface area contributed by atoms with Crippen LogP contribution in [-0.4, -0.2) is 18.3 Å². The third kappa shape index (κ3) is 13.0. The Kier molecular flexibility index (Phi) is 19.0. The van der Waals surface area contributed by atoms with Crippen molar-refractivity contribution >= 4 is 118 Å². The second kappa shape index (κ2) is 28.8. The second-order valence-electron chi connectivity index (χ2n) is 26.8. The van der Waals surface area contributed by atoms with Crippen molar-refractivity contribution in [2.45, 2.75) is 38.9 Å². The number of halogens is 1. The molecule has 16 aromatic carbocycles. The second-order valence-corrected chi connectivity index (χ2v) is 33.2. The van der Waals surface area contributed by atoms with Gasteiger partial charge in [-0.1, -0.05) is 368 Å². The molecule has 0 spiro atoms. The molecule has 1 saturated heterocycles. The topological polar surface area (TPSA) is 52.6 Å². The summed E-state index contributed by atoms with van der Waals surface area (Å²) in [6.07, 6.45) is 0. The molecule has 17 rings (SSSR count). The van der Waals surface area contributed by atoms with Crippen molar-refractivity contribution in [3.8, 4) is 55.6 Å². The van der Waals surface area contributed by atoms with Gasteiger partial charge >= 0.3 is 7.12 Å². The minimum absolute atomic E-state index is 0.397. The van der Waals surface area contributed by atoms with E-state index in [-0.39, 0.29) is 0 Å². The summed E-state index contributed by atoms with van der Waals surface area (Å²) < 4.78 is 43.0. The average molecular weight is 1420 g/mol. The van der Waals surface area contributed by atoms with Gasteiger partial charge in [0.05, 0.1) is 11.2 Å². The van der Waals surface area contributed by atoms with Gasteiger partial charge in [-0.2, -0.15) is 0 Å². The van der Waals surface area contributed by atoms with Crippen LogP contribution in [0.5, 0.6) is 0 Å². The number of fused-ring (bicyclic) bond motifs is 4. The minimum atomic E-state index is -3.06. The average Bonchev–Trinajstić information content (AvgIpc) is 1.45. The molecule has 1 aliphatic rings. The molecule has 1 aliphatic heterocycles. The highest BCUT2D eigenvalue weighted by molar-refractivity contribution is 9.10. The molecular formula is C94H74BBrO4P2. The first-order valence-electron chi connectivity index (χ1n) is 34.6. The van der Waals surface area contributed by atoms with Gasteiger partial charge in [-0.15, -0.1) is 0 Å². The van der Waals surface area contributed by atoms with E-state index >= 15 is 4.57 Å². The van der Waals surface area contributed by atoms with Crippen molar-refractivity contribution in [2.24, 2.45) is 0 Å². The smallest absolute Gasteiger partial charge is 0.399 e. The van der Waals surface area contributed by atoms with E-state index in [4.69, 9.17) is 9.31 Å². The Morgan fingerprint density at radius 2 is 0.431 bits per heavy atom. The standard InChI is InChI=1S/C44H31OP.C32H29BO2.C18H14BrOP/c45-46(36-16-6-2-7-17-36,37-18-8-3-9-19-37)38-30-28-35(29-31-38)44-41-22-12-10-20-39(41)43(40-21-11-13-23-42(40)44)34-26-24-33(25-27-34)32-14-4-1-5-15-32;1-31(2)32(3,4)35-33(34-31)30-27-16-10-8-14-25(27)29(26-15-9-11-17-28(26)30)24-20-18-23(19-21-24)22-12-6-5-7-13-22;19-15-11-13-18(14-12-15)21(20,16-7-3-1-4-8-16)17-9-5-2-6-10-17/h1-31H;5-21H,1-4H3;1-14H. The fourth-order valence-electron chi connectivity index (χ4n) is 14.3. The van der Waals surface area contributed by atoms with Gasteiger partial charge in [-0.3, -0.25) is 0 Å². The largest absolute Gasteiger partial charge is 0.496 e. The van der Waals surface area contributed by atoms with Crippen LogP contribution < -0.4 is 37.3 Å². The fourth-order valence-corrected chi connectivity index (χ4v) is 19.9. The van der Waals surface area contributed by atoms with Gasteiger partial charge in [0.2, 0.25) is 0 Å². The van der Waals surface area contributed by atoms with E-state index in [1.165, 1.54) is 93.2 Å². The molecule has 0 atom stereocenters. The summed E-state index contributed by atoms with van der Waals surface area (Å²) in [7, 11) is -6.30. The number of hydrogen-bond acceptors (Lipinski definition) is 4. The molecule has 1 heterocycles. The summed E-state index contributed by atoms with van der Waals surface area (Å²) in [5, 5.41) is 14.7. The van der Waals surface area contributed by atoms with Crippen LogP contribution in [0, 0.1) is 0 Å². The van der Waals surface area contributed by atoms with Crippen LogP contribution in [0.15, 0.2) is 381 Å². The first-order chi connectivity index (χ1) is 49.8. The van der Waals surface area contributed by atoms with Gasteiger partial charge in [0, 0.05) is 36.3 Å². The Morgan fingerprint density at radius 1 is 0.235 bits per heavy atom. The maximum atomic E-state index is 15.0. The van der Waals surface area contributed by atoms with E-state index in [2.05, 4.69) is 274 Å². The van der Waals surface area contributed by atoms with E-state index in [0.717, 1.165) is 47.3 Å². The Labute approximate surface area is 607 Å². The van der Waals surface area contributed by atoms with Crippen molar-refractivity contribution < 1.29 is 18.4 Å². The van der Waals surface area contributed by atoms with Gasteiger partial charge in [0.25, 0.3) is 0 Å². The summed E-state index contributed by atoms with van der Waals surface area (Å²) in [5.74, 6) is 0. The lowest BCUT2D eigenvalue weighted by Crippen LogP contribution is -2.41. The Morgan fingerprint density at radius 3 is 0.716 bits per heavy atom. The summed E-state index contributed by atoms with van der Waals surface area (Å²) >= 11 is 3.43. The monoisotopic (exact) mass is 1420 g/mol. The molecule has 0 saturated carbocycles. The van der Waals surface area contributed by atoms with Gasteiger partial charge in [-0.05, 0) is 156 Å². The highest BCUT2D eigenvalue weighted by Gasteiger charge is 2.52. The maximum Gasteiger partial charge on any atom is 0.496 e. The van der Waals surface area contributed by atoms with Gasteiger partial charge in [0.15, 0.2) is 14.3 Å². The van der Waals surface area contributed by atoms with Gasteiger partial charge < -0.3 is 18.4 Å². The molecule has 0 aromatic heterocycles. The highest BCUT2D eigenvalue weighted by atomic mass is 79.9. The normalized spacial score (nSPS) is 13.3. The van der Waals surface area contributed by atoms with E-state index < -0.39 is 32.6 Å². The molecule has 8 heteroatoms. The number of benzene rings is 16. The Balaban J connectivity index is 0.000000132. The third-order valence-corrected chi connectivity index (χ3v) is 26.8. The van der Waals surface area contributed by atoms with Crippen molar-refractivity contribution in [2.75, 3.05) is 0 Å². The van der Waals surface area contributed by atoms with Crippen molar-refractivity contribution in [1.29, 1.82) is 0 Å². The van der Waals surface area contributed by atoms with Crippen LogP contribution in [0.4, 0.5) is 0 Å². The summed E-state index contributed by atoms with van der Waals surface area (Å²) in [4.78, 5) is 0. The molecule has 0 amide bonds. The highest BCUT2D eigenvalue weighted by Crippen LogP contribution is 2.48. The van der Waals surface area contributed by atoms with E-state index in [9.17, 15) is 4.57 Å². The first-order valence-corrected chi connectivity index (χ1v) is 38.8. The van der Waals surface area contributed by atoms with E-state index in [1.54, 1.807) is 0 Å². The molecule has 0 aliphatic carbocycles. The lowest BCUT2D eigenvalue weighted by molar-refractivity contribution is 0.00578. The molecular weight excluding hydrogens is 1350 g/mol. The molecule has 4 nitrogen and oxygen atoms in total. The molecule has 494 valence electrons. The number of rotatable bonds is 12. The van der Waals surface area contributed by atoms with Crippen LogP contribution in [0.3, 0.4) is 0 Å². The zero-order chi connectivity index (χ0) is 69.8. The molecule has 0 unspecified atom stereocenters. The van der Waals surface area contributed by atoms with Crippen molar-refractivity contribution in [1.82, 2.24) is 0 Å². The van der Waals surface area contributed by atoms with Gasteiger partial charge in [-0.25, -0.2) is 0 Å². The summed E-state index contributed by atoms with van der Waals surface area (Å²) in [5.41, 5.74) is 12.4. The van der Waals surface area contributed by atoms with Crippen LogP contribution in [0.1, 0.15) is 27.7 Å². The van der Waals surface area contributed by atoms with Crippen LogP contribution in [-0.2, 0) is 18.4 Å². The lowest BCUT2D eigenvalue weighted by Gasteiger charge is -2.32. The Hall–Kier alpha value is -10.5. The maximum absolute atomic E-state index is 15.0. The first kappa shape index (κ1) is 67.3. The van der Waals surface area contributed by atoms with Crippen molar-refractivity contribution in [3.63, 3.8) is 0 Å². The third-order valence-electron chi connectivity index (χ3n) is 20.1. The molecule has 16 aromatic rings. The molecule has 0 radical (unpaired) electrons. The van der Waals surface area contributed by atoms with Crippen LogP contribution in [0.2, 0.25) is 0 Å². The molecule has 1 fully saturated rings. The summed E-state index contributed by atoms with van der Waals surface area (Å²) in [6.45, 7) is 8.44. The minimum Gasteiger partial charge on any atom is -0.399 e. The molecule has 0 N–H and O–H groups in total. The van der Waals surface area contributed by atoms with E-state index in [0.29, 0.717) is 0 Å². The fraction of sp³-hybridized carbons (Fsp3) is 0.0638. The van der Waals surface area contributed by atoms with Gasteiger partial charge in [0.1, 0.15) is 0 Å². The zero-order valence-corrected chi connectivity index (χ0v) is 60.7. The Bertz CT molecular complexity index is 5510. The predicted molar refractivity (Wildman–Crippen MR) is 439 cm³/mol. The molecule has 0 bridgehead atoms. The quantitative estimate of drug-likeness (QED) is 0.0695. The summed E-state index contributed by atoms with van der Waals surface area (Å²) in [6, 6.07) is 129.